The molecule has 4 N–H and O–H groups in total. The molecule has 1 atom stereocenters. The van der Waals surface area contributed by atoms with Gasteiger partial charge in [-0.3, -0.25) is 4.79 Å². The fourth-order valence-corrected chi connectivity index (χ4v) is 1.73. The van der Waals surface area contributed by atoms with Gasteiger partial charge in [-0.2, -0.15) is 0 Å². The molecule has 0 saturated heterocycles. The molecule has 5 nitrogen and oxygen atoms in total. The highest BCUT2D eigenvalue weighted by Gasteiger charge is 2.19. The molecule has 0 saturated carbocycles. The second-order valence-electron chi connectivity index (χ2n) is 4.34. The molecule has 0 fully saturated rings. The van der Waals surface area contributed by atoms with Crippen molar-refractivity contribution in [1.29, 1.82) is 0 Å². The second-order valence-corrected chi connectivity index (χ2v) is 4.34. The second kappa shape index (κ2) is 4.18. The Kier molecular flexibility index (Phi) is 2.85. The SMILES string of the molecule is CC(C)c1nc2c(C(N)C(=O)O)cccc2[nH]1. The van der Waals surface area contributed by atoms with Crippen LogP contribution < -0.4 is 5.73 Å². The minimum absolute atomic E-state index is 0.260. The first kappa shape index (κ1) is 11.6. The number of aliphatic carboxylic acids is 1. The van der Waals surface area contributed by atoms with Crippen molar-refractivity contribution >= 4 is 17.0 Å². The number of benzene rings is 1. The third kappa shape index (κ3) is 2.01. The molecule has 17 heavy (non-hydrogen) atoms. The number of carboxylic acids is 1. The van der Waals surface area contributed by atoms with E-state index in [-0.39, 0.29) is 5.92 Å². The Morgan fingerprint density at radius 3 is 2.76 bits per heavy atom. The van der Waals surface area contributed by atoms with Crippen LogP contribution in [-0.4, -0.2) is 21.0 Å². The first-order valence-corrected chi connectivity index (χ1v) is 5.47. The number of fused-ring (bicyclic) bond motifs is 1. The van der Waals surface area contributed by atoms with E-state index in [2.05, 4.69) is 9.97 Å². The lowest BCUT2D eigenvalue weighted by atomic mass is 10.1. The molecule has 1 unspecified atom stereocenters. The molecular weight excluding hydrogens is 218 g/mol. The number of aromatic amines is 1. The number of nitrogens with one attached hydrogen (secondary N) is 1. The zero-order valence-electron chi connectivity index (χ0n) is 9.77. The van der Waals surface area contributed by atoms with Crippen molar-refractivity contribution in [2.75, 3.05) is 0 Å². The van der Waals surface area contributed by atoms with Gasteiger partial charge in [0.05, 0.1) is 11.0 Å². The van der Waals surface area contributed by atoms with Gasteiger partial charge in [-0.25, -0.2) is 4.98 Å². The normalized spacial score (nSPS) is 13.2. The number of imidazole rings is 1. The largest absolute Gasteiger partial charge is 0.480 e. The fourth-order valence-electron chi connectivity index (χ4n) is 1.73. The van der Waals surface area contributed by atoms with E-state index in [1.165, 1.54) is 0 Å². The summed E-state index contributed by atoms with van der Waals surface area (Å²) in [5.74, 6) is 0.0490. The van der Waals surface area contributed by atoms with Crippen molar-refractivity contribution in [2.24, 2.45) is 5.73 Å². The first-order chi connectivity index (χ1) is 8.00. The molecule has 2 rings (SSSR count). The van der Waals surface area contributed by atoms with E-state index in [9.17, 15) is 4.79 Å². The lowest BCUT2D eigenvalue weighted by Gasteiger charge is -2.06. The Morgan fingerprint density at radius 1 is 1.47 bits per heavy atom. The molecule has 0 spiro atoms. The fraction of sp³-hybridized carbons (Fsp3) is 0.333. The van der Waals surface area contributed by atoms with Gasteiger partial charge in [0.15, 0.2) is 0 Å². The Hall–Kier alpha value is -1.88. The van der Waals surface area contributed by atoms with E-state index >= 15 is 0 Å². The maximum absolute atomic E-state index is 10.9. The van der Waals surface area contributed by atoms with Crippen molar-refractivity contribution in [2.45, 2.75) is 25.8 Å². The summed E-state index contributed by atoms with van der Waals surface area (Å²) >= 11 is 0. The summed E-state index contributed by atoms with van der Waals surface area (Å²) < 4.78 is 0. The van der Waals surface area contributed by atoms with Gasteiger partial charge in [0.1, 0.15) is 11.9 Å². The molecule has 0 bridgehead atoms. The van der Waals surface area contributed by atoms with Gasteiger partial charge in [0.2, 0.25) is 0 Å². The predicted molar refractivity (Wildman–Crippen MR) is 64.7 cm³/mol. The van der Waals surface area contributed by atoms with Crippen LogP contribution >= 0.6 is 0 Å². The summed E-state index contributed by atoms with van der Waals surface area (Å²) in [7, 11) is 0. The molecule has 0 radical (unpaired) electrons. The summed E-state index contributed by atoms with van der Waals surface area (Å²) in [6.07, 6.45) is 0. The van der Waals surface area contributed by atoms with E-state index in [0.717, 1.165) is 11.3 Å². The first-order valence-electron chi connectivity index (χ1n) is 5.47. The van der Waals surface area contributed by atoms with Crippen LogP contribution in [0.25, 0.3) is 11.0 Å². The lowest BCUT2D eigenvalue weighted by molar-refractivity contribution is -0.138. The number of aromatic nitrogens is 2. The van der Waals surface area contributed by atoms with E-state index < -0.39 is 12.0 Å². The number of hydrogen-bond acceptors (Lipinski definition) is 3. The molecule has 1 heterocycles. The van der Waals surface area contributed by atoms with Crippen LogP contribution in [-0.2, 0) is 4.79 Å². The van der Waals surface area contributed by atoms with E-state index in [4.69, 9.17) is 10.8 Å². The number of nitrogens with zero attached hydrogens (tertiary/aromatic N) is 1. The highest BCUT2D eigenvalue weighted by atomic mass is 16.4. The van der Waals surface area contributed by atoms with E-state index in [1.54, 1.807) is 12.1 Å². The third-order valence-electron chi connectivity index (χ3n) is 2.71. The average Bonchev–Trinajstić information content (AvgIpc) is 2.71. The third-order valence-corrected chi connectivity index (χ3v) is 2.71. The van der Waals surface area contributed by atoms with E-state index in [1.807, 2.05) is 19.9 Å². The highest BCUT2D eigenvalue weighted by Crippen LogP contribution is 2.23. The maximum Gasteiger partial charge on any atom is 0.325 e. The number of para-hydroxylation sites is 1. The van der Waals surface area contributed by atoms with Crippen molar-refractivity contribution in [3.63, 3.8) is 0 Å². The standard InChI is InChI=1S/C12H15N3O2/c1-6(2)11-14-8-5-3-4-7(10(8)15-11)9(13)12(16)17/h3-6,9H,13H2,1-2H3,(H,14,15)(H,16,17). The molecule has 0 amide bonds. The molecule has 0 aliphatic heterocycles. The van der Waals surface area contributed by atoms with Crippen molar-refractivity contribution in [1.82, 2.24) is 9.97 Å². The van der Waals surface area contributed by atoms with Crippen LogP contribution in [0.1, 0.15) is 37.2 Å². The van der Waals surface area contributed by atoms with Gasteiger partial charge in [0.25, 0.3) is 0 Å². The topological polar surface area (TPSA) is 92.0 Å². The molecule has 1 aromatic carbocycles. The number of H-pyrrole nitrogens is 1. The highest BCUT2D eigenvalue weighted by molar-refractivity contribution is 5.86. The number of carbonyl (C=O) groups is 1. The average molecular weight is 233 g/mol. The molecule has 90 valence electrons. The number of hydrogen-bond donors (Lipinski definition) is 3. The van der Waals surface area contributed by atoms with Crippen LogP contribution in [0.2, 0.25) is 0 Å². The van der Waals surface area contributed by atoms with Crippen LogP contribution in [0.5, 0.6) is 0 Å². The molecule has 1 aromatic heterocycles. The van der Waals surface area contributed by atoms with E-state index in [0.29, 0.717) is 11.1 Å². The van der Waals surface area contributed by atoms with Gasteiger partial charge in [-0.1, -0.05) is 26.0 Å². The molecule has 2 aromatic rings. The van der Waals surface area contributed by atoms with Crippen molar-refractivity contribution < 1.29 is 9.90 Å². The Bertz CT molecular complexity index is 560. The number of nitrogens with two attached hydrogens (primary N) is 1. The van der Waals surface area contributed by atoms with Gasteiger partial charge >= 0.3 is 5.97 Å². The Labute approximate surface area is 98.7 Å². The summed E-state index contributed by atoms with van der Waals surface area (Å²) in [4.78, 5) is 18.5. The lowest BCUT2D eigenvalue weighted by Crippen LogP contribution is -2.20. The zero-order valence-corrected chi connectivity index (χ0v) is 9.77. The Balaban J connectivity index is 2.60. The summed E-state index contributed by atoms with van der Waals surface area (Å²) in [5.41, 5.74) is 7.64. The van der Waals surface area contributed by atoms with Gasteiger partial charge < -0.3 is 15.8 Å². The monoisotopic (exact) mass is 233 g/mol. The van der Waals surface area contributed by atoms with Crippen LogP contribution in [0.15, 0.2) is 18.2 Å². The molecule has 0 aliphatic rings. The zero-order chi connectivity index (χ0) is 12.6. The van der Waals surface area contributed by atoms with Gasteiger partial charge in [0, 0.05) is 11.5 Å². The predicted octanol–water partition coefficient (Wildman–Crippen LogP) is 1.77. The minimum atomic E-state index is -1.05. The van der Waals surface area contributed by atoms with Gasteiger partial charge in [-0.15, -0.1) is 0 Å². The van der Waals surface area contributed by atoms with Crippen LogP contribution in [0.4, 0.5) is 0 Å². The van der Waals surface area contributed by atoms with Crippen molar-refractivity contribution in [3.05, 3.63) is 29.6 Å². The summed E-state index contributed by atoms with van der Waals surface area (Å²) in [5, 5.41) is 8.95. The Morgan fingerprint density at radius 2 is 2.18 bits per heavy atom. The van der Waals surface area contributed by atoms with Crippen LogP contribution in [0, 0.1) is 0 Å². The van der Waals surface area contributed by atoms with Crippen molar-refractivity contribution in [3.8, 4) is 0 Å². The smallest absolute Gasteiger partial charge is 0.325 e. The molecular formula is C12H15N3O2. The minimum Gasteiger partial charge on any atom is -0.480 e. The molecule has 0 aliphatic carbocycles. The quantitative estimate of drug-likeness (QED) is 0.753. The number of carboxylic acid groups (broad SMARTS) is 1. The van der Waals surface area contributed by atoms with Crippen LogP contribution in [0.3, 0.4) is 0 Å². The molecule has 5 heteroatoms. The maximum atomic E-state index is 10.9. The summed E-state index contributed by atoms with van der Waals surface area (Å²) in [6.45, 7) is 4.04. The summed E-state index contributed by atoms with van der Waals surface area (Å²) in [6, 6.07) is 4.31. The van der Waals surface area contributed by atoms with Gasteiger partial charge in [-0.05, 0) is 6.07 Å². The number of rotatable bonds is 3.